The van der Waals surface area contributed by atoms with E-state index in [0.29, 0.717) is 13.2 Å². The summed E-state index contributed by atoms with van der Waals surface area (Å²) in [6.45, 7) is 4.25. The lowest BCUT2D eigenvalue weighted by atomic mass is 10.2. The Hall–Kier alpha value is -1.84. The van der Waals surface area contributed by atoms with E-state index in [1.165, 1.54) is 11.8 Å². The maximum absolute atomic E-state index is 11.4. The van der Waals surface area contributed by atoms with Crippen LogP contribution < -0.4 is 4.74 Å². The Bertz CT molecular complexity index is 398. The molecule has 17 heavy (non-hydrogen) atoms. The molecule has 4 nitrogen and oxygen atoms in total. The van der Waals surface area contributed by atoms with Crippen LogP contribution in [0.3, 0.4) is 0 Å². The average Bonchev–Trinajstić information content (AvgIpc) is 2.30. The minimum atomic E-state index is -0.473. The largest absolute Gasteiger partial charge is 0.494 e. The zero-order valence-corrected chi connectivity index (χ0v) is 10.4. The summed E-state index contributed by atoms with van der Waals surface area (Å²) in [7, 11) is 1.61. The Morgan fingerprint density at radius 3 is 2.29 bits per heavy atom. The minimum absolute atomic E-state index is 0.421. The monoisotopic (exact) mass is 235 g/mol. The van der Waals surface area contributed by atoms with Gasteiger partial charge in [0, 0.05) is 20.5 Å². The summed E-state index contributed by atoms with van der Waals surface area (Å²) in [5, 5.41) is 0. The third-order valence-electron chi connectivity index (χ3n) is 2.30. The van der Waals surface area contributed by atoms with Crippen LogP contribution in [0.5, 0.6) is 5.75 Å². The van der Waals surface area contributed by atoms with Gasteiger partial charge in [0.05, 0.1) is 6.61 Å². The molecule has 0 aliphatic carbocycles. The third-order valence-corrected chi connectivity index (χ3v) is 2.30. The van der Waals surface area contributed by atoms with Crippen LogP contribution in [0.4, 0.5) is 0 Å². The number of hydrogen-bond acceptors (Lipinski definition) is 3. The summed E-state index contributed by atoms with van der Waals surface area (Å²) < 4.78 is 5.32. The molecule has 0 aliphatic heterocycles. The van der Waals surface area contributed by atoms with Crippen LogP contribution in [0.25, 0.3) is 0 Å². The number of ether oxygens (including phenoxy) is 1. The zero-order valence-electron chi connectivity index (χ0n) is 10.4. The molecule has 1 amide bonds. The predicted octanol–water partition coefficient (Wildman–Crippen LogP) is 1.63. The van der Waals surface area contributed by atoms with Gasteiger partial charge in [-0.15, -0.1) is 0 Å². The molecule has 0 radical (unpaired) electrons. The molecule has 0 heterocycles. The second-order valence-electron chi connectivity index (χ2n) is 3.79. The molecule has 0 atom stereocenters. The Kier molecular flexibility index (Phi) is 4.69. The number of nitrogens with zero attached hydrogens (tertiary/aromatic N) is 1. The number of carbonyl (C=O) groups is 2. The van der Waals surface area contributed by atoms with Gasteiger partial charge in [-0.25, -0.2) is 0 Å². The van der Waals surface area contributed by atoms with E-state index in [1.807, 2.05) is 31.2 Å². The van der Waals surface area contributed by atoms with Crippen molar-refractivity contribution in [2.75, 3.05) is 13.7 Å². The molecule has 0 saturated heterocycles. The summed E-state index contributed by atoms with van der Waals surface area (Å²) in [5.74, 6) is -0.117. The van der Waals surface area contributed by atoms with Gasteiger partial charge in [0.25, 0.3) is 5.91 Å². The number of hydrogen-bond donors (Lipinski definition) is 0. The van der Waals surface area contributed by atoms with Gasteiger partial charge in [0.2, 0.25) is 5.78 Å². The third kappa shape index (κ3) is 3.90. The molecule has 1 rings (SSSR count). The molecule has 1 aromatic carbocycles. The summed E-state index contributed by atoms with van der Waals surface area (Å²) >= 11 is 0. The lowest BCUT2D eigenvalue weighted by Gasteiger charge is -2.15. The van der Waals surface area contributed by atoms with Crippen LogP contribution in [0, 0.1) is 0 Å². The first-order valence-corrected chi connectivity index (χ1v) is 5.52. The fraction of sp³-hybridized carbons (Fsp3) is 0.385. The van der Waals surface area contributed by atoms with Crippen molar-refractivity contribution in [2.24, 2.45) is 0 Å². The predicted molar refractivity (Wildman–Crippen MR) is 64.8 cm³/mol. The smallest absolute Gasteiger partial charge is 0.289 e. The maximum Gasteiger partial charge on any atom is 0.289 e. The van der Waals surface area contributed by atoms with Crippen molar-refractivity contribution >= 4 is 11.7 Å². The van der Waals surface area contributed by atoms with Crippen molar-refractivity contribution in [2.45, 2.75) is 20.4 Å². The van der Waals surface area contributed by atoms with Gasteiger partial charge in [-0.1, -0.05) is 12.1 Å². The van der Waals surface area contributed by atoms with E-state index in [0.717, 1.165) is 11.3 Å². The van der Waals surface area contributed by atoms with Gasteiger partial charge in [-0.3, -0.25) is 9.59 Å². The topological polar surface area (TPSA) is 46.6 Å². The quantitative estimate of drug-likeness (QED) is 0.729. The first-order valence-electron chi connectivity index (χ1n) is 5.52. The molecule has 0 unspecified atom stereocenters. The molecule has 0 aliphatic rings. The summed E-state index contributed by atoms with van der Waals surface area (Å²) in [5.41, 5.74) is 0.963. The highest BCUT2D eigenvalue weighted by Gasteiger charge is 2.13. The highest BCUT2D eigenvalue weighted by molar-refractivity contribution is 6.34. The Morgan fingerprint density at radius 2 is 1.82 bits per heavy atom. The zero-order chi connectivity index (χ0) is 12.8. The number of likely N-dealkylation sites (N-methyl/N-ethyl adjacent to an activating group) is 1. The van der Waals surface area contributed by atoms with E-state index < -0.39 is 11.7 Å². The van der Waals surface area contributed by atoms with Gasteiger partial charge in [-0.2, -0.15) is 0 Å². The summed E-state index contributed by atoms with van der Waals surface area (Å²) in [4.78, 5) is 23.7. The molecule has 0 aromatic heterocycles. The molecule has 0 bridgehead atoms. The van der Waals surface area contributed by atoms with E-state index >= 15 is 0 Å². The lowest BCUT2D eigenvalue weighted by Crippen LogP contribution is -2.31. The van der Waals surface area contributed by atoms with Gasteiger partial charge < -0.3 is 9.64 Å². The molecule has 0 saturated carbocycles. The SMILES string of the molecule is CCOc1ccc(CN(C)C(=O)C(C)=O)cc1. The standard InChI is InChI=1S/C13H17NO3/c1-4-17-12-7-5-11(6-8-12)9-14(3)13(16)10(2)15/h5-8H,4,9H2,1-3H3. The van der Waals surface area contributed by atoms with Gasteiger partial charge in [-0.05, 0) is 24.6 Å². The normalized spacial score (nSPS) is 9.82. The van der Waals surface area contributed by atoms with Crippen LogP contribution >= 0.6 is 0 Å². The molecule has 1 aromatic rings. The Labute approximate surface area is 101 Å². The van der Waals surface area contributed by atoms with Crippen LogP contribution in [0.2, 0.25) is 0 Å². The van der Waals surface area contributed by atoms with Crippen molar-refractivity contribution in [3.05, 3.63) is 29.8 Å². The molecule has 4 heteroatoms. The van der Waals surface area contributed by atoms with E-state index in [1.54, 1.807) is 7.05 Å². The molecule has 0 N–H and O–H groups in total. The van der Waals surface area contributed by atoms with E-state index in [4.69, 9.17) is 4.74 Å². The Balaban J connectivity index is 2.63. The van der Waals surface area contributed by atoms with Crippen LogP contribution in [0.15, 0.2) is 24.3 Å². The van der Waals surface area contributed by atoms with E-state index in [-0.39, 0.29) is 0 Å². The van der Waals surface area contributed by atoms with Gasteiger partial charge >= 0.3 is 0 Å². The fourth-order valence-electron chi connectivity index (χ4n) is 1.47. The number of Topliss-reactive ketones (excluding diaryl/α,β-unsaturated/α-hetero) is 1. The maximum atomic E-state index is 11.4. The lowest BCUT2D eigenvalue weighted by molar-refractivity contribution is -0.143. The van der Waals surface area contributed by atoms with Crippen molar-refractivity contribution in [1.29, 1.82) is 0 Å². The molecular formula is C13H17NO3. The highest BCUT2D eigenvalue weighted by atomic mass is 16.5. The van der Waals surface area contributed by atoms with Crippen molar-refractivity contribution in [1.82, 2.24) is 4.90 Å². The number of rotatable bonds is 5. The van der Waals surface area contributed by atoms with Crippen LogP contribution in [-0.4, -0.2) is 30.2 Å². The number of carbonyl (C=O) groups excluding carboxylic acids is 2. The number of amides is 1. The fourth-order valence-corrected chi connectivity index (χ4v) is 1.47. The van der Waals surface area contributed by atoms with Gasteiger partial charge in [0.15, 0.2) is 0 Å². The first kappa shape index (κ1) is 13.2. The molecular weight excluding hydrogens is 218 g/mol. The summed E-state index contributed by atoms with van der Waals surface area (Å²) in [6.07, 6.45) is 0. The summed E-state index contributed by atoms with van der Waals surface area (Å²) in [6, 6.07) is 7.47. The Morgan fingerprint density at radius 1 is 1.24 bits per heavy atom. The van der Waals surface area contributed by atoms with Gasteiger partial charge in [0.1, 0.15) is 5.75 Å². The second-order valence-corrected chi connectivity index (χ2v) is 3.79. The van der Waals surface area contributed by atoms with E-state index in [9.17, 15) is 9.59 Å². The second kappa shape index (κ2) is 6.03. The molecule has 0 spiro atoms. The highest BCUT2D eigenvalue weighted by Crippen LogP contribution is 2.13. The van der Waals surface area contributed by atoms with Crippen molar-refractivity contribution < 1.29 is 14.3 Å². The first-order chi connectivity index (χ1) is 8.04. The van der Waals surface area contributed by atoms with E-state index in [2.05, 4.69) is 0 Å². The average molecular weight is 235 g/mol. The van der Waals surface area contributed by atoms with Crippen LogP contribution in [0.1, 0.15) is 19.4 Å². The van der Waals surface area contributed by atoms with Crippen molar-refractivity contribution in [3.63, 3.8) is 0 Å². The van der Waals surface area contributed by atoms with Crippen molar-refractivity contribution in [3.8, 4) is 5.75 Å². The molecule has 92 valence electrons. The van der Waals surface area contributed by atoms with Crippen LogP contribution in [-0.2, 0) is 16.1 Å². The number of benzene rings is 1. The minimum Gasteiger partial charge on any atom is -0.494 e. The molecule has 0 fully saturated rings. The number of ketones is 1.